The van der Waals surface area contributed by atoms with Gasteiger partial charge in [0.25, 0.3) is 10.0 Å². The molecule has 0 amide bonds. The minimum absolute atomic E-state index is 0.211. The van der Waals surface area contributed by atoms with E-state index in [2.05, 4.69) is 15.0 Å². The summed E-state index contributed by atoms with van der Waals surface area (Å²) >= 11 is 1.51. The van der Waals surface area contributed by atoms with Gasteiger partial charge in [-0.15, -0.1) is 11.3 Å². The van der Waals surface area contributed by atoms with Gasteiger partial charge >= 0.3 is 0 Å². The SMILES string of the molecule is COCOC1(c2ncc(-c3ncnc4c3ccn4S(=O)(=O)c3ccc(C)cc3)s2)CCC1. The highest BCUT2D eigenvalue weighted by atomic mass is 32.2. The summed E-state index contributed by atoms with van der Waals surface area (Å²) < 4.78 is 38.7. The van der Waals surface area contributed by atoms with Crippen molar-refractivity contribution >= 4 is 32.4 Å². The van der Waals surface area contributed by atoms with Gasteiger partial charge in [-0.2, -0.15) is 0 Å². The van der Waals surface area contributed by atoms with Gasteiger partial charge in [0.15, 0.2) is 5.65 Å². The molecule has 0 atom stereocenters. The summed E-state index contributed by atoms with van der Waals surface area (Å²) in [7, 11) is -2.18. The zero-order valence-corrected chi connectivity index (χ0v) is 19.3. The molecule has 1 aromatic carbocycles. The number of rotatable bonds is 7. The molecule has 166 valence electrons. The van der Waals surface area contributed by atoms with Crippen molar-refractivity contribution in [2.45, 2.75) is 36.7 Å². The van der Waals surface area contributed by atoms with E-state index < -0.39 is 15.6 Å². The van der Waals surface area contributed by atoms with Crippen LogP contribution in [0.1, 0.15) is 29.8 Å². The third-order valence-electron chi connectivity index (χ3n) is 5.77. The van der Waals surface area contributed by atoms with Crippen molar-refractivity contribution in [1.82, 2.24) is 18.9 Å². The molecule has 1 saturated carbocycles. The van der Waals surface area contributed by atoms with Crippen molar-refractivity contribution in [3.05, 3.63) is 59.6 Å². The van der Waals surface area contributed by atoms with Crippen LogP contribution in [-0.4, -0.2) is 41.2 Å². The Balaban J connectivity index is 1.55. The van der Waals surface area contributed by atoms with E-state index in [-0.39, 0.29) is 11.7 Å². The number of hydrogen-bond acceptors (Lipinski definition) is 8. The fourth-order valence-corrected chi connectivity index (χ4v) is 6.26. The largest absolute Gasteiger partial charge is 0.359 e. The van der Waals surface area contributed by atoms with Crippen LogP contribution in [0.2, 0.25) is 0 Å². The average Bonchev–Trinajstić information content (AvgIpc) is 3.41. The summed E-state index contributed by atoms with van der Waals surface area (Å²) in [5.41, 5.74) is 1.56. The second-order valence-electron chi connectivity index (χ2n) is 7.82. The van der Waals surface area contributed by atoms with Gasteiger partial charge in [-0.05, 0) is 44.4 Å². The predicted octanol–water partition coefficient (Wildman–Crippen LogP) is 4.10. The molecule has 4 aromatic rings. The van der Waals surface area contributed by atoms with Crippen LogP contribution in [0.15, 0.2) is 53.9 Å². The predicted molar refractivity (Wildman–Crippen MR) is 121 cm³/mol. The third kappa shape index (κ3) is 3.43. The van der Waals surface area contributed by atoms with E-state index in [9.17, 15) is 8.42 Å². The topological polar surface area (TPSA) is 96.2 Å². The number of nitrogens with zero attached hydrogens (tertiary/aromatic N) is 4. The highest BCUT2D eigenvalue weighted by Crippen LogP contribution is 2.47. The molecule has 0 aliphatic heterocycles. The van der Waals surface area contributed by atoms with Crippen LogP contribution in [0.25, 0.3) is 21.6 Å². The maximum absolute atomic E-state index is 13.2. The van der Waals surface area contributed by atoms with Crippen molar-refractivity contribution in [2.75, 3.05) is 13.9 Å². The quantitative estimate of drug-likeness (QED) is 0.375. The minimum atomic E-state index is -3.78. The molecule has 8 nitrogen and oxygen atoms in total. The first-order chi connectivity index (χ1) is 15.4. The smallest absolute Gasteiger partial charge is 0.269 e. The first-order valence-electron chi connectivity index (χ1n) is 10.2. The number of aryl methyl sites for hydroxylation is 1. The van der Waals surface area contributed by atoms with E-state index in [4.69, 9.17) is 9.47 Å². The van der Waals surface area contributed by atoms with E-state index in [1.807, 2.05) is 6.92 Å². The summed E-state index contributed by atoms with van der Waals surface area (Å²) in [6, 6.07) is 8.49. The van der Waals surface area contributed by atoms with Crippen molar-refractivity contribution in [3.63, 3.8) is 0 Å². The fourth-order valence-electron chi connectivity index (χ4n) is 3.83. The maximum Gasteiger partial charge on any atom is 0.269 e. The van der Waals surface area contributed by atoms with Gasteiger partial charge in [0.05, 0.1) is 15.5 Å². The van der Waals surface area contributed by atoms with Crippen LogP contribution in [0.3, 0.4) is 0 Å². The summed E-state index contributed by atoms with van der Waals surface area (Å²) in [4.78, 5) is 14.4. The Labute approximate surface area is 189 Å². The second kappa shape index (κ2) is 8.04. The molecule has 10 heteroatoms. The summed E-state index contributed by atoms with van der Waals surface area (Å²) in [5.74, 6) is 0. The Bertz CT molecular complexity index is 1370. The lowest BCUT2D eigenvalue weighted by Gasteiger charge is -2.39. The first kappa shape index (κ1) is 21.2. The highest BCUT2D eigenvalue weighted by molar-refractivity contribution is 7.90. The van der Waals surface area contributed by atoms with Crippen molar-refractivity contribution in [3.8, 4) is 10.6 Å². The molecular weight excluding hydrogens is 448 g/mol. The van der Waals surface area contributed by atoms with E-state index in [1.165, 1.54) is 27.8 Å². The van der Waals surface area contributed by atoms with Crippen molar-refractivity contribution in [2.24, 2.45) is 0 Å². The molecule has 1 aliphatic rings. The summed E-state index contributed by atoms with van der Waals surface area (Å²) in [5, 5.41) is 1.54. The zero-order chi connectivity index (χ0) is 22.3. The second-order valence-corrected chi connectivity index (χ2v) is 10.7. The van der Waals surface area contributed by atoms with Crippen molar-refractivity contribution < 1.29 is 17.9 Å². The molecule has 0 bridgehead atoms. The lowest BCUT2D eigenvalue weighted by Crippen LogP contribution is -2.37. The molecule has 0 N–H and O–H groups in total. The number of methoxy groups -OCH3 is 1. The Kier molecular flexibility index (Phi) is 5.32. The molecule has 5 rings (SSSR count). The van der Waals surface area contributed by atoms with Gasteiger partial charge in [-0.3, -0.25) is 0 Å². The number of hydrogen-bond donors (Lipinski definition) is 0. The molecular formula is C22H22N4O4S2. The maximum atomic E-state index is 13.2. The van der Waals surface area contributed by atoms with Crippen LogP contribution < -0.4 is 0 Å². The molecule has 3 aromatic heterocycles. The average molecular weight is 471 g/mol. The van der Waals surface area contributed by atoms with Gasteiger partial charge < -0.3 is 9.47 Å². The fraction of sp³-hybridized carbons (Fsp3) is 0.318. The molecule has 0 spiro atoms. The molecule has 0 radical (unpaired) electrons. The Morgan fingerprint density at radius 1 is 1.12 bits per heavy atom. The lowest BCUT2D eigenvalue weighted by atomic mass is 9.80. The van der Waals surface area contributed by atoms with Crippen LogP contribution in [0.5, 0.6) is 0 Å². The minimum Gasteiger partial charge on any atom is -0.359 e. The molecule has 1 aliphatic carbocycles. The standard InChI is InChI=1S/C22H22N4O4S2/c1-15-4-6-16(7-5-15)32(27,28)26-11-8-17-19(24-13-25-20(17)26)18-12-23-21(31-18)22(9-3-10-22)30-14-29-2/h4-8,11-13H,3,9-10,14H2,1-2H3. The van der Waals surface area contributed by atoms with Gasteiger partial charge in [0.1, 0.15) is 23.7 Å². The van der Waals surface area contributed by atoms with Crippen LogP contribution in [0.4, 0.5) is 0 Å². The number of fused-ring (bicyclic) bond motifs is 1. The van der Waals surface area contributed by atoms with E-state index in [0.717, 1.165) is 34.7 Å². The Morgan fingerprint density at radius 3 is 2.59 bits per heavy atom. The Morgan fingerprint density at radius 2 is 1.91 bits per heavy atom. The summed E-state index contributed by atoms with van der Waals surface area (Å²) in [6.07, 6.45) is 7.55. The lowest BCUT2D eigenvalue weighted by molar-refractivity contribution is -0.171. The molecule has 32 heavy (non-hydrogen) atoms. The van der Waals surface area contributed by atoms with Crippen molar-refractivity contribution in [1.29, 1.82) is 0 Å². The number of ether oxygens (including phenoxy) is 2. The summed E-state index contributed by atoms with van der Waals surface area (Å²) in [6.45, 7) is 2.13. The Hall–Kier alpha value is -2.66. The van der Waals surface area contributed by atoms with Gasteiger partial charge in [-0.25, -0.2) is 27.3 Å². The zero-order valence-electron chi connectivity index (χ0n) is 17.7. The normalized spacial score (nSPS) is 15.7. The molecule has 3 heterocycles. The van der Waals surface area contributed by atoms with Gasteiger partial charge in [-0.1, -0.05) is 17.7 Å². The van der Waals surface area contributed by atoms with Gasteiger partial charge in [0.2, 0.25) is 0 Å². The van der Waals surface area contributed by atoms with Crippen LogP contribution >= 0.6 is 11.3 Å². The van der Waals surface area contributed by atoms with Gasteiger partial charge in [0, 0.05) is 24.9 Å². The van der Waals surface area contributed by atoms with Crippen LogP contribution in [0, 0.1) is 6.92 Å². The third-order valence-corrected chi connectivity index (χ3v) is 8.64. The van der Waals surface area contributed by atoms with E-state index >= 15 is 0 Å². The number of aromatic nitrogens is 4. The monoisotopic (exact) mass is 470 g/mol. The highest BCUT2D eigenvalue weighted by Gasteiger charge is 2.43. The van der Waals surface area contributed by atoms with E-state index in [0.29, 0.717) is 16.7 Å². The van der Waals surface area contributed by atoms with E-state index in [1.54, 1.807) is 43.6 Å². The number of benzene rings is 1. The number of thiazole rings is 1. The molecule has 0 unspecified atom stereocenters. The molecule has 0 saturated heterocycles. The van der Waals surface area contributed by atoms with Crippen LogP contribution in [-0.2, 0) is 25.1 Å². The first-order valence-corrected chi connectivity index (χ1v) is 12.4. The molecule has 1 fully saturated rings.